The Balaban J connectivity index is 1.65. The smallest absolute Gasteiger partial charge is 0.335 e. The van der Waals surface area contributed by atoms with Gasteiger partial charge in [-0.15, -0.1) is 0 Å². The zero-order valence-electron chi connectivity index (χ0n) is 16.5. The number of hydrogen-bond acceptors (Lipinski definition) is 5. The zero-order chi connectivity index (χ0) is 24.1. The first-order valence-electron chi connectivity index (χ1n) is 9.11. The van der Waals surface area contributed by atoms with Crippen molar-refractivity contribution < 1.29 is 24.5 Å². The summed E-state index contributed by atoms with van der Waals surface area (Å²) in [5.41, 5.74) is 4.64. The molecule has 3 aromatic rings. The average Bonchev–Trinajstić information content (AvgIpc) is 2.76. The Labute approximate surface area is 233 Å². The Bertz CT molecular complexity index is 1200. The molecular weight excluding hydrogens is 786 g/mol. The van der Waals surface area contributed by atoms with Gasteiger partial charge in [0, 0.05) is 5.56 Å². The number of carboxylic acid groups (broad SMARTS) is 1. The number of halogens is 4. The number of phenols is 1. The number of aromatic hydroxyl groups is 1. The SMILES string of the molecule is O=C(O)c1ccc(COc2c(I)cc(/C=N\NC(=O)c3cc(Br)c(O)c(Br)c3)cc2I)cc1. The molecule has 33 heavy (non-hydrogen) atoms. The topological polar surface area (TPSA) is 108 Å². The molecule has 11 heteroatoms. The molecule has 0 unspecified atom stereocenters. The lowest BCUT2D eigenvalue weighted by molar-refractivity contribution is 0.0696. The van der Waals surface area contributed by atoms with Crippen molar-refractivity contribution in [2.45, 2.75) is 6.61 Å². The van der Waals surface area contributed by atoms with Gasteiger partial charge in [0.05, 0.1) is 27.9 Å². The minimum Gasteiger partial charge on any atom is -0.506 e. The highest BCUT2D eigenvalue weighted by Gasteiger charge is 2.12. The summed E-state index contributed by atoms with van der Waals surface area (Å²) in [5.74, 6) is -0.674. The first-order chi connectivity index (χ1) is 15.7. The van der Waals surface area contributed by atoms with E-state index in [-0.39, 0.29) is 11.3 Å². The first kappa shape index (κ1) is 25.9. The number of hydrazone groups is 1. The van der Waals surface area contributed by atoms with Crippen molar-refractivity contribution in [3.63, 3.8) is 0 Å². The normalized spacial score (nSPS) is 10.9. The van der Waals surface area contributed by atoms with Gasteiger partial charge in [-0.2, -0.15) is 5.10 Å². The number of carboxylic acids is 1. The van der Waals surface area contributed by atoms with E-state index in [9.17, 15) is 14.7 Å². The van der Waals surface area contributed by atoms with E-state index in [0.717, 1.165) is 18.3 Å². The fourth-order valence-corrected chi connectivity index (χ4v) is 5.93. The number of amides is 1. The number of hydrogen-bond donors (Lipinski definition) is 3. The van der Waals surface area contributed by atoms with Gasteiger partial charge in [-0.1, -0.05) is 12.1 Å². The number of nitrogens with one attached hydrogen (secondary N) is 1. The van der Waals surface area contributed by atoms with Crippen LogP contribution in [0.3, 0.4) is 0 Å². The third-order valence-corrected chi connectivity index (χ3v) is 7.08. The van der Waals surface area contributed by atoms with Crippen LogP contribution in [0.5, 0.6) is 11.5 Å². The molecule has 0 atom stereocenters. The highest BCUT2D eigenvalue weighted by molar-refractivity contribution is 14.1. The molecule has 3 rings (SSSR count). The second-order valence-corrected chi connectivity index (χ2v) is 10.6. The zero-order valence-corrected chi connectivity index (χ0v) is 24.0. The molecule has 7 nitrogen and oxygen atoms in total. The Kier molecular flexibility index (Phi) is 9.12. The molecule has 0 saturated heterocycles. The maximum absolute atomic E-state index is 12.3. The van der Waals surface area contributed by atoms with E-state index in [2.05, 4.69) is 87.6 Å². The second kappa shape index (κ2) is 11.6. The van der Waals surface area contributed by atoms with Gasteiger partial charge in [-0.25, -0.2) is 10.2 Å². The Morgan fingerprint density at radius 3 is 2.12 bits per heavy atom. The van der Waals surface area contributed by atoms with Crippen molar-refractivity contribution in [2.75, 3.05) is 0 Å². The Hall–Kier alpha value is -1.71. The van der Waals surface area contributed by atoms with Gasteiger partial charge in [-0.3, -0.25) is 4.79 Å². The summed E-state index contributed by atoms with van der Waals surface area (Å²) in [4.78, 5) is 23.3. The molecule has 0 aromatic heterocycles. The van der Waals surface area contributed by atoms with E-state index in [1.54, 1.807) is 24.3 Å². The van der Waals surface area contributed by atoms with Crippen LogP contribution in [0.4, 0.5) is 0 Å². The van der Waals surface area contributed by atoms with Crippen LogP contribution in [-0.4, -0.2) is 28.3 Å². The van der Waals surface area contributed by atoms with Crippen molar-refractivity contribution >= 4 is 95.1 Å². The molecule has 0 radical (unpaired) electrons. The molecule has 170 valence electrons. The summed E-state index contributed by atoms with van der Waals surface area (Å²) < 4.78 is 8.44. The lowest BCUT2D eigenvalue weighted by Crippen LogP contribution is -2.17. The lowest BCUT2D eigenvalue weighted by Gasteiger charge is -2.11. The Morgan fingerprint density at radius 1 is 1.00 bits per heavy atom. The third-order valence-electron chi connectivity index (χ3n) is 4.26. The molecule has 0 spiro atoms. The highest BCUT2D eigenvalue weighted by atomic mass is 127. The van der Waals surface area contributed by atoms with Crippen LogP contribution in [0.2, 0.25) is 0 Å². The molecule has 3 N–H and O–H groups in total. The van der Waals surface area contributed by atoms with Crippen LogP contribution in [0.15, 0.2) is 62.6 Å². The molecule has 3 aromatic carbocycles. The number of carbonyl (C=O) groups is 2. The molecule has 0 heterocycles. The summed E-state index contributed by atoms with van der Waals surface area (Å²) in [6, 6.07) is 13.3. The van der Waals surface area contributed by atoms with Crippen LogP contribution in [-0.2, 0) is 6.61 Å². The monoisotopic (exact) mass is 798 g/mol. The van der Waals surface area contributed by atoms with E-state index < -0.39 is 11.9 Å². The van der Waals surface area contributed by atoms with E-state index in [4.69, 9.17) is 9.84 Å². The van der Waals surface area contributed by atoms with Gasteiger partial charge in [-0.05, 0) is 125 Å². The number of rotatable bonds is 7. The molecule has 0 bridgehead atoms. The van der Waals surface area contributed by atoms with Crippen molar-refractivity contribution in [3.8, 4) is 11.5 Å². The van der Waals surface area contributed by atoms with Gasteiger partial charge >= 0.3 is 5.97 Å². The van der Waals surface area contributed by atoms with Crippen molar-refractivity contribution in [1.29, 1.82) is 0 Å². The molecule has 0 aliphatic carbocycles. The highest BCUT2D eigenvalue weighted by Crippen LogP contribution is 2.33. The average molecular weight is 800 g/mol. The predicted molar refractivity (Wildman–Crippen MR) is 148 cm³/mol. The molecular formula is C22H14Br2I2N2O5. The summed E-state index contributed by atoms with van der Waals surface area (Å²) in [6.45, 7) is 0.299. The number of ether oxygens (including phenoxy) is 1. The number of nitrogens with zero attached hydrogens (tertiary/aromatic N) is 1. The summed E-state index contributed by atoms with van der Waals surface area (Å²) >= 11 is 10.7. The van der Waals surface area contributed by atoms with Gasteiger partial charge < -0.3 is 14.9 Å². The van der Waals surface area contributed by atoms with Gasteiger partial charge in [0.15, 0.2) is 0 Å². The van der Waals surface area contributed by atoms with Crippen LogP contribution in [0.1, 0.15) is 31.8 Å². The van der Waals surface area contributed by atoms with Gasteiger partial charge in [0.2, 0.25) is 0 Å². The van der Waals surface area contributed by atoms with Crippen LogP contribution >= 0.6 is 77.0 Å². The molecule has 0 aliphatic rings. The molecule has 1 amide bonds. The number of benzene rings is 3. The maximum atomic E-state index is 12.3. The molecule has 0 fully saturated rings. The van der Waals surface area contributed by atoms with E-state index in [1.165, 1.54) is 18.3 Å². The largest absolute Gasteiger partial charge is 0.506 e. The lowest BCUT2D eigenvalue weighted by atomic mass is 10.1. The van der Waals surface area contributed by atoms with Crippen LogP contribution in [0, 0.1) is 7.14 Å². The van der Waals surface area contributed by atoms with Gasteiger partial charge in [0.25, 0.3) is 5.91 Å². The van der Waals surface area contributed by atoms with Crippen LogP contribution in [0.25, 0.3) is 0 Å². The number of aromatic carboxylic acids is 1. The fourth-order valence-electron chi connectivity index (χ4n) is 2.62. The molecule has 0 aliphatic heterocycles. The minimum atomic E-state index is -0.969. The Morgan fingerprint density at radius 2 is 1.58 bits per heavy atom. The summed E-state index contributed by atoms with van der Waals surface area (Å²) in [6.07, 6.45) is 1.53. The van der Waals surface area contributed by atoms with Crippen LogP contribution < -0.4 is 10.2 Å². The second-order valence-electron chi connectivity index (χ2n) is 6.59. The van der Waals surface area contributed by atoms with E-state index in [0.29, 0.717) is 26.9 Å². The third kappa shape index (κ3) is 6.90. The van der Waals surface area contributed by atoms with E-state index in [1.807, 2.05) is 12.1 Å². The molecule has 0 saturated carbocycles. The van der Waals surface area contributed by atoms with Crippen molar-refractivity contribution in [3.05, 3.63) is 86.9 Å². The maximum Gasteiger partial charge on any atom is 0.335 e. The number of phenolic OH excluding ortho intramolecular Hbond substituents is 1. The first-order valence-corrected chi connectivity index (χ1v) is 12.9. The number of carbonyl (C=O) groups excluding carboxylic acids is 1. The van der Waals surface area contributed by atoms with Gasteiger partial charge in [0.1, 0.15) is 18.1 Å². The summed E-state index contributed by atoms with van der Waals surface area (Å²) in [7, 11) is 0. The van der Waals surface area contributed by atoms with Crippen molar-refractivity contribution in [1.82, 2.24) is 5.43 Å². The summed E-state index contributed by atoms with van der Waals surface area (Å²) in [5, 5.41) is 22.8. The van der Waals surface area contributed by atoms with E-state index >= 15 is 0 Å². The minimum absolute atomic E-state index is 0.0128. The fraction of sp³-hybridized carbons (Fsp3) is 0.0455. The van der Waals surface area contributed by atoms with Crippen molar-refractivity contribution in [2.24, 2.45) is 5.10 Å². The quantitative estimate of drug-likeness (QED) is 0.151. The standard InChI is InChI=1S/C22H14Br2I2N2O5/c23-15-7-14(8-16(24)19(15)29)21(30)28-27-9-12-5-17(25)20(18(26)6-12)33-10-11-1-3-13(4-2-11)22(31)32/h1-9,29H,10H2,(H,28,30)(H,31,32)/b27-9-. The predicted octanol–water partition coefficient (Wildman–Crippen LogP) is 6.17.